The van der Waals surface area contributed by atoms with E-state index < -0.39 is 23.9 Å². The Morgan fingerprint density at radius 3 is 2.36 bits per heavy atom. The number of rotatable bonds is 7. The molecule has 1 saturated heterocycles. The van der Waals surface area contributed by atoms with Crippen molar-refractivity contribution < 1.29 is 28.6 Å². The fourth-order valence-electron chi connectivity index (χ4n) is 2.43. The van der Waals surface area contributed by atoms with Crippen molar-refractivity contribution in [3.8, 4) is 0 Å². The number of amides is 1. The minimum absolute atomic E-state index is 0.140. The van der Waals surface area contributed by atoms with Gasteiger partial charge in [-0.2, -0.15) is 0 Å². The van der Waals surface area contributed by atoms with Crippen LogP contribution in [0.2, 0.25) is 0 Å². The lowest BCUT2D eigenvalue weighted by atomic mass is 10.1. The van der Waals surface area contributed by atoms with E-state index >= 15 is 0 Å². The lowest BCUT2D eigenvalue weighted by Gasteiger charge is -2.18. The van der Waals surface area contributed by atoms with Crippen LogP contribution >= 0.6 is 0 Å². The molecule has 1 heterocycles. The number of hydrogen-bond acceptors (Lipinski definition) is 6. The van der Waals surface area contributed by atoms with Crippen molar-refractivity contribution in [2.24, 2.45) is 5.92 Å². The molecule has 0 aromatic heterocycles. The van der Waals surface area contributed by atoms with Crippen LogP contribution in [0.1, 0.15) is 25.5 Å². The molecule has 0 bridgehead atoms. The maximum Gasteiger partial charge on any atom is 0.414 e. The predicted molar refractivity (Wildman–Crippen MR) is 88.3 cm³/mol. The Morgan fingerprint density at radius 2 is 1.80 bits per heavy atom. The van der Waals surface area contributed by atoms with E-state index in [0.29, 0.717) is 0 Å². The summed E-state index contributed by atoms with van der Waals surface area (Å²) in [6.07, 6.45) is 2.14. The summed E-state index contributed by atoms with van der Waals surface area (Å²) in [6.45, 7) is 3.76. The number of hydrogen-bond donors (Lipinski definition) is 0. The molecular formula is C18H21NO6. The zero-order valence-electron chi connectivity index (χ0n) is 14.2. The third-order valence-electron chi connectivity index (χ3n) is 3.62. The Kier molecular flexibility index (Phi) is 6.56. The molecule has 0 aliphatic carbocycles. The van der Waals surface area contributed by atoms with Crippen molar-refractivity contribution in [3.05, 3.63) is 48.2 Å². The first-order chi connectivity index (χ1) is 12.1. The lowest BCUT2D eigenvalue weighted by molar-refractivity contribution is -0.158. The quantitative estimate of drug-likeness (QED) is 0.428. The van der Waals surface area contributed by atoms with Crippen LogP contribution in [-0.2, 0) is 23.8 Å². The third kappa shape index (κ3) is 4.59. The lowest BCUT2D eigenvalue weighted by Crippen LogP contribution is -2.28. The van der Waals surface area contributed by atoms with E-state index in [-0.39, 0.29) is 25.9 Å². The number of benzene rings is 1. The molecule has 0 unspecified atom stereocenters. The molecule has 0 spiro atoms. The van der Waals surface area contributed by atoms with Crippen LogP contribution in [0, 0.1) is 5.92 Å². The van der Waals surface area contributed by atoms with E-state index in [4.69, 9.17) is 14.2 Å². The molecule has 25 heavy (non-hydrogen) atoms. The molecule has 1 aliphatic heterocycles. The summed E-state index contributed by atoms with van der Waals surface area (Å²) in [5, 5.41) is 0. The molecule has 134 valence electrons. The van der Waals surface area contributed by atoms with Gasteiger partial charge in [0.15, 0.2) is 5.92 Å². The molecule has 0 radical (unpaired) electrons. The first-order valence-corrected chi connectivity index (χ1v) is 8.10. The average Bonchev–Trinajstić information content (AvgIpc) is 2.97. The van der Waals surface area contributed by atoms with Crippen LogP contribution in [0.15, 0.2) is 42.6 Å². The van der Waals surface area contributed by atoms with E-state index in [2.05, 4.69) is 0 Å². The minimum atomic E-state index is -1.23. The van der Waals surface area contributed by atoms with Gasteiger partial charge in [0.05, 0.1) is 19.3 Å². The maximum atomic E-state index is 12.0. The Labute approximate surface area is 146 Å². The number of ether oxygens (including phenoxy) is 3. The summed E-state index contributed by atoms with van der Waals surface area (Å²) < 4.78 is 14.9. The van der Waals surface area contributed by atoms with Gasteiger partial charge >= 0.3 is 18.0 Å². The normalized spacial score (nSPS) is 17.0. The molecule has 1 atom stereocenters. The van der Waals surface area contributed by atoms with E-state index in [0.717, 1.165) is 5.56 Å². The van der Waals surface area contributed by atoms with Crippen LogP contribution in [0.5, 0.6) is 0 Å². The van der Waals surface area contributed by atoms with Crippen molar-refractivity contribution in [2.45, 2.75) is 19.9 Å². The van der Waals surface area contributed by atoms with Gasteiger partial charge in [-0.05, 0) is 25.5 Å². The summed E-state index contributed by atoms with van der Waals surface area (Å²) in [4.78, 5) is 37.3. The third-order valence-corrected chi connectivity index (χ3v) is 3.62. The molecule has 1 fully saturated rings. The monoisotopic (exact) mass is 347 g/mol. The van der Waals surface area contributed by atoms with Crippen molar-refractivity contribution in [1.29, 1.82) is 0 Å². The van der Waals surface area contributed by atoms with Gasteiger partial charge in [0, 0.05) is 6.20 Å². The highest BCUT2D eigenvalue weighted by atomic mass is 16.6. The van der Waals surface area contributed by atoms with E-state index in [9.17, 15) is 14.4 Å². The molecule has 1 aliphatic rings. The number of carbonyl (C=O) groups is 3. The predicted octanol–water partition coefficient (Wildman–Crippen LogP) is 2.44. The van der Waals surface area contributed by atoms with Gasteiger partial charge in [0.1, 0.15) is 6.61 Å². The molecular weight excluding hydrogens is 326 g/mol. The Balaban J connectivity index is 2.20. The highest BCUT2D eigenvalue weighted by Gasteiger charge is 2.34. The fraction of sp³-hybridized carbons (Fsp3) is 0.389. The Morgan fingerprint density at radius 1 is 1.20 bits per heavy atom. The second kappa shape index (κ2) is 8.86. The number of cyclic esters (lactones) is 1. The molecule has 7 heteroatoms. The highest BCUT2D eigenvalue weighted by Crippen LogP contribution is 2.28. The zero-order valence-corrected chi connectivity index (χ0v) is 14.2. The highest BCUT2D eigenvalue weighted by molar-refractivity contribution is 5.97. The maximum absolute atomic E-state index is 12.0. The van der Waals surface area contributed by atoms with Gasteiger partial charge in [-0.1, -0.05) is 30.3 Å². The average molecular weight is 347 g/mol. The fourth-order valence-corrected chi connectivity index (χ4v) is 2.43. The summed E-state index contributed by atoms with van der Waals surface area (Å²) in [7, 11) is 0. The van der Waals surface area contributed by atoms with Crippen molar-refractivity contribution >= 4 is 18.0 Å². The standard InChI is InChI=1S/C18H21NO6/c1-3-23-16(20)14(17(21)24-4-2)10-11-19-15(12-25-18(19)22)13-8-6-5-7-9-13/h5-11,14-15H,3-4,12H2,1-2H3/b11-10+/t15-/m0/s1. The number of nitrogens with zero attached hydrogens (tertiary/aromatic N) is 1. The Bertz CT molecular complexity index is 624. The molecule has 1 aromatic carbocycles. The molecule has 2 rings (SSSR count). The van der Waals surface area contributed by atoms with Crippen molar-refractivity contribution in [1.82, 2.24) is 4.90 Å². The Hall–Kier alpha value is -2.83. The molecule has 7 nitrogen and oxygen atoms in total. The van der Waals surface area contributed by atoms with Crippen LogP contribution < -0.4 is 0 Å². The second-order valence-electron chi connectivity index (χ2n) is 5.23. The summed E-state index contributed by atoms with van der Waals surface area (Å²) in [5.74, 6) is -2.67. The van der Waals surface area contributed by atoms with Crippen molar-refractivity contribution in [2.75, 3.05) is 19.8 Å². The molecule has 1 aromatic rings. The van der Waals surface area contributed by atoms with Gasteiger partial charge in [-0.25, -0.2) is 4.79 Å². The van der Waals surface area contributed by atoms with Crippen LogP contribution in [0.25, 0.3) is 0 Å². The first kappa shape index (κ1) is 18.5. The van der Waals surface area contributed by atoms with Crippen LogP contribution in [0.3, 0.4) is 0 Å². The molecule has 0 N–H and O–H groups in total. The number of esters is 2. The van der Waals surface area contributed by atoms with Crippen LogP contribution in [0.4, 0.5) is 4.79 Å². The smallest absolute Gasteiger partial charge is 0.414 e. The molecule has 1 amide bonds. The van der Waals surface area contributed by atoms with Crippen molar-refractivity contribution in [3.63, 3.8) is 0 Å². The van der Waals surface area contributed by atoms with Gasteiger partial charge < -0.3 is 14.2 Å². The van der Waals surface area contributed by atoms with Gasteiger partial charge in [0.25, 0.3) is 0 Å². The summed E-state index contributed by atoms with van der Waals surface area (Å²) in [5.41, 5.74) is 0.891. The summed E-state index contributed by atoms with van der Waals surface area (Å²) in [6, 6.07) is 9.03. The van der Waals surface area contributed by atoms with Gasteiger partial charge in [0.2, 0.25) is 0 Å². The SMILES string of the molecule is CCOC(=O)C(/C=C/N1C(=O)OC[C@H]1c1ccccc1)C(=O)OCC. The van der Waals surface area contributed by atoms with Gasteiger partial charge in [-0.3, -0.25) is 14.5 Å². The largest absolute Gasteiger partial charge is 0.465 e. The van der Waals surface area contributed by atoms with E-state index in [1.807, 2.05) is 30.3 Å². The van der Waals surface area contributed by atoms with Gasteiger partial charge in [-0.15, -0.1) is 0 Å². The van der Waals surface area contributed by atoms with E-state index in [1.165, 1.54) is 17.2 Å². The topological polar surface area (TPSA) is 82.1 Å². The summed E-state index contributed by atoms with van der Waals surface area (Å²) >= 11 is 0. The molecule has 0 saturated carbocycles. The van der Waals surface area contributed by atoms with Crippen LogP contribution in [-0.4, -0.2) is 42.8 Å². The minimum Gasteiger partial charge on any atom is -0.465 e. The second-order valence-corrected chi connectivity index (χ2v) is 5.23. The number of carbonyl (C=O) groups excluding carboxylic acids is 3. The van der Waals surface area contributed by atoms with E-state index in [1.54, 1.807) is 13.8 Å². The first-order valence-electron chi connectivity index (χ1n) is 8.10. The zero-order chi connectivity index (χ0) is 18.2.